The van der Waals surface area contributed by atoms with Crippen LogP contribution in [-0.2, 0) is 14.2 Å². The molecule has 0 spiro atoms. The van der Waals surface area contributed by atoms with Gasteiger partial charge in [-0.1, -0.05) is 0 Å². The molecule has 1 saturated heterocycles. The summed E-state index contributed by atoms with van der Waals surface area (Å²) in [5.41, 5.74) is -0.791. The molecule has 2 atom stereocenters. The average Bonchev–Trinajstić information content (AvgIpc) is 2.64. The van der Waals surface area contributed by atoms with E-state index < -0.39 is 35.4 Å². The van der Waals surface area contributed by atoms with E-state index in [0.717, 1.165) is 19.2 Å². The molecule has 1 fully saturated rings. The molecule has 0 bridgehead atoms. The molecule has 2 rings (SSSR count). The van der Waals surface area contributed by atoms with Crippen molar-refractivity contribution in [2.75, 3.05) is 33.9 Å². The normalized spacial score (nSPS) is 18.3. The van der Waals surface area contributed by atoms with Gasteiger partial charge in [-0.3, -0.25) is 0 Å². The lowest BCUT2D eigenvalue weighted by Gasteiger charge is -2.32. The first kappa shape index (κ1) is 20.1. The highest BCUT2D eigenvalue weighted by atomic mass is 19.1. The van der Waals surface area contributed by atoms with Gasteiger partial charge in [-0.25, -0.2) is 18.4 Å². The molecule has 1 aromatic rings. The highest BCUT2D eigenvalue weighted by molar-refractivity contribution is 5.89. The number of rotatable bonds is 5. The Hall–Kier alpha value is -2.26. The van der Waals surface area contributed by atoms with Crippen molar-refractivity contribution in [2.45, 2.75) is 25.0 Å². The molecule has 1 amide bonds. The van der Waals surface area contributed by atoms with Crippen molar-refractivity contribution in [3.8, 4) is 0 Å². The van der Waals surface area contributed by atoms with Gasteiger partial charge in [0.1, 0.15) is 11.6 Å². The number of carbonyl (C=O) groups is 2. The second-order valence-corrected chi connectivity index (χ2v) is 5.85. The third-order valence-corrected chi connectivity index (χ3v) is 4.17. The van der Waals surface area contributed by atoms with Gasteiger partial charge in [0.2, 0.25) is 0 Å². The number of amides is 1. The molecule has 0 saturated carbocycles. The molecule has 0 unspecified atom stereocenters. The lowest BCUT2D eigenvalue weighted by Crippen LogP contribution is -2.45. The Morgan fingerprint density at radius 1 is 1.31 bits per heavy atom. The predicted molar refractivity (Wildman–Crippen MR) is 85.6 cm³/mol. The van der Waals surface area contributed by atoms with Crippen LogP contribution in [0.1, 0.15) is 34.9 Å². The number of nitrogens with zero attached hydrogens (tertiary/aromatic N) is 1. The zero-order chi connectivity index (χ0) is 19.3. The Kier molecular flexibility index (Phi) is 6.87. The van der Waals surface area contributed by atoms with E-state index in [4.69, 9.17) is 4.74 Å². The monoisotopic (exact) mass is 373 g/mol. The maximum atomic E-state index is 14.1. The summed E-state index contributed by atoms with van der Waals surface area (Å²) < 4.78 is 42.8. The van der Waals surface area contributed by atoms with Crippen molar-refractivity contribution in [1.82, 2.24) is 4.90 Å². The lowest BCUT2D eigenvalue weighted by molar-refractivity contribution is -0.0334. The molecule has 26 heavy (non-hydrogen) atoms. The van der Waals surface area contributed by atoms with Crippen molar-refractivity contribution < 1.29 is 37.7 Å². The van der Waals surface area contributed by atoms with Crippen LogP contribution in [0, 0.1) is 11.6 Å². The van der Waals surface area contributed by atoms with Crippen LogP contribution in [0.3, 0.4) is 0 Å². The molecule has 144 valence electrons. The van der Waals surface area contributed by atoms with Crippen LogP contribution in [0.15, 0.2) is 12.1 Å². The van der Waals surface area contributed by atoms with Gasteiger partial charge >= 0.3 is 12.1 Å². The number of hydrogen-bond acceptors (Lipinski definition) is 6. The summed E-state index contributed by atoms with van der Waals surface area (Å²) >= 11 is 0. The molecule has 0 aromatic heterocycles. The summed E-state index contributed by atoms with van der Waals surface area (Å²) in [6.45, 7) is 0.974. The SMILES string of the molecule is COC(=O)c1cc(F)c([C@@H](O)CC[C@H]2CN(C(=O)OC)CCO2)c(F)c1. The number of carbonyl (C=O) groups excluding carboxylic acids is 2. The molecule has 0 radical (unpaired) electrons. The van der Waals surface area contributed by atoms with Crippen molar-refractivity contribution in [3.05, 3.63) is 34.9 Å². The molecule has 1 aromatic carbocycles. The van der Waals surface area contributed by atoms with E-state index in [1.165, 1.54) is 12.0 Å². The van der Waals surface area contributed by atoms with Gasteiger partial charge in [0.05, 0.1) is 50.7 Å². The Balaban J connectivity index is 2.00. The maximum absolute atomic E-state index is 14.1. The molecular formula is C17H21F2NO6. The number of esters is 1. The largest absolute Gasteiger partial charge is 0.465 e. The number of ether oxygens (including phenoxy) is 3. The highest BCUT2D eigenvalue weighted by Crippen LogP contribution is 2.27. The zero-order valence-corrected chi connectivity index (χ0v) is 14.5. The van der Waals surface area contributed by atoms with Gasteiger partial charge in [0.25, 0.3) is 0 Å². The summed E-state index contributed by atoms with van der Waals surface area (Å²) in [5.74, 6) is -2.93. The van der Waals surface area contributed by atoms with Crippen LogP contribution in [-0.4, -0.2) is 62.1 Å². The van der Waals surface area contributed by atoms with E-state index in [-0.39, 0.29) is 31.1 Å². The van der Waals surface area contributed by atoms with Gasteiger partial charge in [-0.2, -0.15) is 0 Å². The number of benzene rings is 1. The number of halogens is 2. The summed E-state index contributed by atoms with van der Waals surface area (Å²) in [7, 11) is 2.38. The minimum atomic E-state index is -1.42. The predicted octanol–water partition coefficient (Wildman–Crippen LogP) is 2.03. The Morgan fingerprint density at radius 2 is 1.96 bits per heavy atom. The van der Waals surface area contributed by atoms with E-state index in [1.807, 2.05) is 0 Å². The summed E-state index contributed by atoms with van der Waals surface area (Å²) in [5, 5.41) is 10.2. The standard InChI is InChI=1S/C17H21F2NO6/c1-24-16(22)10-7-12(18)15(13(19)8-10)14(21)4-3-11-9-20(5-6-26-11)17(23)25-2/h7-8,11,14,21H,3-6,9H2,1-2H3/t11-,14-/m0/s1. The molecule has 1 heterocycles. The van der Waals surface area contributed by atoms with Crippen LogP contribution in [0.2, 0.25) is 0 Å². The zero-order valence-electron chi connectivity index (χ0n) is 14.5. The summed E-state index contributed by atoms with van der Waals surface area (Å²) in [6.07, 6.45) is -1.97. The van der Waals surface area contributed by atoms with Crippen molar-refractivity contribution in [3.63, 3.8) is 0 Å². The van der Waals surface area contributed by atoms with Crippen LogP contribution in [0.5, 0.6) is 0 Å². The molecule has 1 N–H and O–H groups in total. The second-order valence-electron chi connectivity index (χ2n) is 5.85. The molecule has 1 aliphatic heterocycles. The third kappa shape index (κ3) is 4.67. The fraction of sp³-hybridized carbons (Fsp3) is 0.529. The van der Waals surface area contributed by atoms with Crippen LogP contribution < -0.4 is 0 Å². The average molecular weight is 373 g/mol. The summed E-state index contributed by atoms with van der Waals surface area (Å²) in [4.78, 5) is 24.4. The van der Waals surface area contributed by atoms with Crippen molar-refractivity contribution >= 4 is 12.1 Å². The third-order valence-electron chi connectivity index (χ3n) is 4.17. The van der Waals surface area contributed by atoms with Gasteiger partial charge in [0, 0.05) is 6.54 Å². The first-order valence-corrected chi connectivity index (χ1v) is 8.07. The second kappa shape index (κ2) is 8.91. The lowest BCUT2D eigenvalue weighted by atomic mass is 9.99. The smallest absolute Gasteiger partial charge is 0.409 e. The fourth-order valence-electron chi connectivity index (χ4n) is 2.82. The van der Waals surface area contributed by atoms with Gasteiger partial charge in [0.15, 0.2) is 0 Å². The highest BCUT2D eigenvalue weighted by Gasteiger charge is 2.27. The minimum Gasteiger partial charge on any atom is -0.465 e. The Labute approximate surface area is 149 Å². The number of aliphatic hydroxyl groups is 1. The quantitative estimate of drug-likeness (QED) is 0.795. The number of methoxy groups -OCH3 is 2. The number of hydrogen-bond donors (Lipinski definition) is 1. The molecule has 9 heteroatoms. The molecule has 0 aliphatic carbocycles. The van der Waals surface area contributed by atoms with E-state index in [1.54, 1.807) is 0 Å². The van der Waals surface area contributed by atoms with E-state index in [9.17, 15) is 23.5 Å². The van der Waals surface area contributed by atoms with Gasteiger partial charge in [-0.05, 0) is 25.0 Å². The maximum Gasteiger partial charge on any atom is 0.409 e. The number of morpholine rings is 1. The van der Waals surface area contributed by atoms with E-state index in [0.29, 0.717) is 13.2 Å². The van der Waals surface area contributed by atoms with Gasteiger partial charge in [-0.15, -0.1) is 0 Å². The van der Waals surface area contributed by atoms with E-state index in [2.05, 4.69) is 9.47 Å². The Morgan fingerprint density at radius 3 is 2.54 bits per heavy atom. The van der Waals surface area contributed by atoms with Crippen LogP contribution in [0.25, 0.3) is 0 Å². The van der Waals surface area contributed by atoms with Crippen LogP contribution >= 0.6 is 0 Å². The van der Waals surface area contributed by atoms with E-state index >= 15 is 0 Å². The topological polar surface area (TPSA) is 85.3 Å². The molecular weight excluding hydrogens is 352 g/mol. The molecule has 1 aliphatic rings. The van der Waals surface area contributed by atoms with Crippen molar-refractivity contribution in [1.29, 1.82) is 0 Å². The number of aliphatic hydroxyl groups excluding tert-OH is 1. The first-order valence-electron chi connectivity index (χ1n) is 8.07. The Bertz CT molecular complexity index is 646. The first-order chi connectivity index (χ1) is 12.4. The molecule has 7 nitrogen and oxygen atoms in total. The summed E-state index contributed by atoms with van der Waals surface area (Å²) in [6, 6.07) is 1.65. The fourth-order valence-corrected chi connectivity index (χ4v) is 2.82. The minimum absolute atomic E-state index is 0.0189. The van der Waals surface area contributed by atoms with Crippen LogP contribution in [0.4, 0.5) is 13.6 Å². The van der Waals surface area contributed by atoms with Gasteiger partial charge < -0.3 is 24.2 Å². The van der Waals surface area contributed by atoms with Crippen molar-refractivity contribution in [2.24, 2.45) is 0 Å².